The van der Waals surface area contributed by atoms with Crippen molar-refractivity contribution in [2.75, 3.05) is 0 Å². The van der Waals surface area contributed by atoms with E-state index >= 15 is 0 Å². The molecular formula is C16H18F3N. The van der Waals surface area contributed by atoms with E-state index < -0.39 is 11.7 Å². The molecule has 0 spiro atoms. The van der Waals surface area contributed by atoms with Gasteiger partial charge in [0.25, 0.3) is 0 Å². The van der Waals surface area contributed by atoms with Crippen molar-refractivity contribution < 1.29 is 13.2 Å². The predicted molar refractivity (Wildman–Crippen MR) is 72.4 cm³/mol. The lowest BCUT2D eigenvalue weighted by atomic mass is 9.85. The van der Waals surface area contributed by atoms with Gasteiger partial charge in [0.15, 0.2) is 0 Å². The van der Waals surface area contributed by atoms with E-state index in [9.17, 15) is 13.2 Å². The number of nitrogens with one attached hydrogen (secondary N) is 1. The number of piperidine rings is 1. The Hall–Kier alpha value is -1.29. The van der Waals surface area contributed by atoms with Gasteiger partial charge < -0.3 is 5.32 Å². The van der Waals surface area contributed by atoms with Crippen molar-refractivity contribution in [2.45, 2.75) is 50.4 Å². The fourth-order valence-corrected chi connectivity index (χ4v) is 3.27. The summed E-state index contributed by atoms with van der Waals surface area (Å²) >= 11 is 0. The Kier molecular flexibility index (Phi) is 3.59. The van der Waals surface area contributed by atoms with Crippen LogP contribution in [0.15, 0.2) is 35.9 Å². The Morgan fingerprint density at radius 2 is 2.05 bits per heavy atom. The van der Waals surface area contributed by atoms with Crippen molar-refractivity contribution in [1.29, 1.82) is 0 Å². The molecule has 1 fully saturated rings. The van der Waals surface area contributed by atoms with Crippen molar-refractivity contribution >= 4 is 0 Å². The number of hydrogen-bond acceptors (Lipinski definition) is 1. The Morgan fingerprint density at radius 1 is 1.20 bits per heavy atom. The third kappa shape index (κ3) is 3.06. The van der Waals surface area contributed by atoms with Gasteiger partial charge in [0.1, 0.15) is 0 Å². The normalized spacial score (nSPS) is 26.2. The monoisotopic (exact) mass is 281 g/mol. The number of alkyl halides is 3. The lowest BCUT2D eigenvalue weighted by molar-refractivity contribution is -0.137. The number of rotatable bonds is 2. The molecule has 1 aromatic rings. The molecule has 2 atom stereocenters. The summed E-state index contributed by atoms with van der Waals surface area (Å²) in [6.45, 7) is 0. The van der Waals surface area contributed by atoms with Gasteiger partial charge in [-0.1, -0.05) is 36.3 Å². The first-order valence-corrected chi connectivity index (χ1v) is 7.12. The summed E-state index contributed by atoms with van der Waals surface area (Å²) in [5.74, 6) is 0. The Balaban J connectivity index is 1.76. The standard InChI is InChI=1S/C16H18F3N/c17-16(18,19)13-4-1-3-11(8-13)7-12-9-14-5-2-6-15(10-12)20-14/h1,3-4,8-9,14-15,20H,2,5-7,10H2. The van der Waals surface area contributed by atoms with Crippen LogP contribution in [0.3, 0.4) is 0 Å². The third-order valence-electron chi connectivity index (χ3n) is 4.15. The molecule has 0 aromatic heterocycles. The SMILES string of the molecule is FC(F)(F)c1cccc(CC2=CC3CCCC(C2)N3)c1. The molecule has 2 aliphatic heterocycles. The van der Waals surface area contributed by atoms with E-state index in [0.717, 1.165) is 24.5 Å². The number of hydrogen-bond donors (Lipinski definition) is 1. The second kappa shape index (κ2) is 5.24. The van der Waals surface area contributed by atoms with E-state index in [1.165, 1.54) is 30.5 Å². The van der Waals surface area contributed by atoms with Gasteiger partial charge >= 0.3 is 6.18 Å². The predicted octanol–water partition coefficient (Wildman–Crippen LogP) is 4.09. The van der Waals surface area contributed by atoms with Crippen LogP contribution in [0.2, 0.25) is 0 Å². The smallest absolute Gasteiger partial charge is 0.307 e. The van der Waals surface area contributed by atoms with Crippen LogP contribution >= 0.6 is 0 Å². The quantitative estimate of drug-likeness (QED) is 0.805. The zero-order chi connectivity index (χ0) is 14.2. The summed E-state index contributed by atoms with van der Waals surface area (Å²) in [6, 6.07) is 6.63. The first-order chi connectivity index (χ1) is 9.50. The molecule has 2 unspecified atom stereocenters. The van der Waals surface area contributed by atoms with Crippen LogP contribution in [0.4, 0.5) is 13.2 Å². The summed E-state index contributed by atoms with van der Waals surface area (Å²) in [6.07, 6.45) is 3.13. The van der Waals surface area contributed by atoms with Crippen molar-refractivity contribution in [2.24, 2.45) is 0 Å². The topological polar surface area (TPSA) is 12.0 Å². The van der Waals surface area contributed by atoms with E-state index in [-0.39, 0.29) is 0 Å². The molecule has 3 rings (SSSR count). The molecular weight excluding hydrogens is 263 g/mol. The Morgan fingerprint density at radius 3 is 2.80 bits per heavy atom. The molecule has 1 aromatic carbocycles. The van der Waals surface area contributed by atoms with Crippen LogP contribution < -0.4 is 5.32 Å². The van der Waals surface area contributed by atoms with Gasteiger partial charge in [-0.05, 0) is 37.3 Å². The van der Waals surface area contributed by atoms with Gasteiger partial charge in [0, 0.05) is 12.1 Å². The lowest BCUT2D eigenvalue weighted by Crippen LogP contribution is -2.44. The van der Waals surface area contributed by atoms with Crippen molar-refractivity contribution in [1.82, 2.24) is 5.32 Å². The molecule has 1 N–H and O–H groups in total. The van der Waals surface area contributed by atoms with Crippen LogP contribution in [-0.2, 0) is 12.6 Å². The van der Waals surface area contributed by atoms with E-state index in [1.54, 1.807) is 6.07 Å². The Labute approximate surface area is 116 Å². The second-order valence-corrected chi connectivity index (χ2v) is 5.80. The highest BCUT2D eigenvalue weighted by Crippen LogP contribution is 2.31. The Bertz CT molecular complexity index is 519. The van der Waals surface area contributed by atoms with Crippen LogP contribution in [-0.4, -0.2) is 12.1 Å². The van der Waals surface area contributed by atoms with Gasteiger partial charge in [-0.25, -0.2) is 0 Å². The third-order valence-corrected chi connectivity index (χ3v) is 4.15. The van der Waals surface area contributed by atoms with Crippen LogP contribution in [0.5, 0.6) is 0 Å². The molecule has 0 saturated carbocycles. The van der Waals surface area contributed by atoms with E-state index in [0.29, 0.717) is 18.5 Å². The average molecular weight is 281 g/mol. The van der Waals surface area contributed by atoms with Crippen molar-refractivity contribution in [3.05, 3.63) is 47.0 Å². The van der Waals surface area contributed by atoms with Crippen LogP contribution in [0.25, 0.3) is 0 Å². The second-order valence-electron chi connectivity index (χ2n) is 5.80. The van der Waals surface area contributed by atoms with Gasteiger partial charge in [-0.2, -0.15) is 13.2 Å². The van der Waals surface area contributed by atoms with Gasteiger partial charge in [0.2, 0.25) is 0 Å². The molecule has 1 nitrogen and oxygen atoms in total. The molecule has 0 aliphatic carbocycles. The summed E-state index contributed by atoms with van der Waals surface area (Å²) in [5.41, 5.74) is 1.48. The van der Waals surface area contributed by atoms with E-state index in [2.05, 4.69) is 11.4 Å². The highest BCUT2D eigenvalue weighted by Gasteiger charge is 2.30. The summed E-state index contributed by atoms with van der Waals surface area (Å²) in [5, 5.41) is 3.55. The highest BCUT2D eigenvalue weighted by atomic mass is 19.4. The number of fused-ring (bicyclic) bond motifs is 2. The van der Waals surface area contributed by atoms with Gasteiger partial charge in [-0.3, -0.25) is 0 Å². The average Bonchev–Trinajstić information content (AvgIpc) is 2.37. The van der Waals surface area contributed by atoms with Gasteiger partial charge in [0.05, 0.1) is 5.56 Å². The van der Waals surface area contributed by atoms with Crippen LogP contribution in [0, 0.1) is 0 Å². The summed E-state index contributed by atoms with van der Waals surface area (Å²) in [4.78, 5) is 0. The maximum Gasteiger partial charge on any atom is 0.416 e. The lowest BCUT2D eigenvalue weighted by Gasteiger charge is -2.35. The highest BCUT2D eigenvalue weighted by molar-refractivity contribution is 5.30. The van der Waals surface area contributed by atoms with Crippen molar-refractivity contribution in [3.8, 4) is 0 Å². The maximum absolute atomic E-state index is 12.7. The minimum absolute atomic E-state index is 0.420. The molecule has 2 bridgehead atoms. The first kappa shape index (κ1) is 13.7. The molecule has 1 saturated heterocycles. The molecule has 2 heterocycles. The maximum atomic E-state index is 12.7. The zero-order valence-corrected chi connectivity index (χ0v) is 11.2. The number of halogens is 3. The number of benzene rings is 1. The molecule has 0 amide bonds. The molecule has 20 heavy (non-hydrogen) atoms. The summed E-state index contributed by atoms with van der Waals surface area (Å²) < 4.78 is 38.1. The molecule has 4 heteroatoms. The molecule has 108 valence electrons. The largest absolute Gasteiger partial charge is 0.416 e. The van der Waals surface area contributed by atoms with E-state index in [1.807, 2.05) is 0 Å². The van der Waals surface area contributed by atoms with Crippen LogP contribution in [0.1, 0.15) is 36.8 Å². The van der Waals surface area contributed by atoms with Crippen molar-refractivity contribution in [3.63, 3.8) is 0 Å². The minimum Gasteiger partial charge on any atom is -0.307 e. The zero-order valence-electron chi connectivity index (χ0n) is 11.2. The van der Waals surface area contributed by atoms with E-state index in [4.69, 9.17) is 0 Å². The van der Waals surface area contributed by atoms with Gasteiger partial charge in [-0.15, -0.1) is 0 Å². The summed E-state index contributed by atoms with van der Waals surface area (Å²) in [7, 11) is 0. The minimum atomic E-state index is -4.25. The fraction of sp³-hybridized carbons (Fsp3) is 0.500. The molecule has 0 radical (unpaired) electrons. The molecule has 2 aliphatic rings. The fourth-order valence-electron chi connectivity index (χ4n) is 3.27. The first-order valence-electron chi connectivity index (χ1n) is 7.12.